The van der Waals surface area contributed by atoms with Crippen LogP contribution in [-0.4, -0.2) is 0 Å². The van der Waals surface area contributed by atoms with Gasteiger partial charge in [0.05, 0.1) is 0 Å². The highest BCUT2D eigenvalue weighted by Gasteiger charge is 2.18. The molecular weight excluding hydrogens is 639 g/mol. The van der Waals surface area contributed by atoms with Crippen LogP contribution in [0.2, 0.25) is 0 Å². The van der Waals surface area contributed by atoms with Gasteiger partial charge in [0.15, 0.2) is 0 Å². The lowest BCUT2D eigenvalue weighted by molar-refractivity contribution is 1.28. The molecule has 0 unspecified atom stereocenters. The third-order valence-corrected chi connectivity index (χ3v) is 10.1. The molecule has 1 nitrogen and oxygen atoms in total. The molecule has 1 heteroatoms. The van der Waals surface area contributed by atoms with Gasteiger partial charge in [-0.25, -0.2) is 0 Å². The molecule has 53 heavy (non-hydrogen) atoms. The predicted octanol–water partition coefficient (Wildman–Crippen LogP) is 14.6. The first kappa shape index (κ1) is 32.0. The van der Waals surface area contributed by atoms with Crippen LogP contribution in [0.25, 0.3) is 66.4 Å². The molecule has 0 radical (unpaired) electrons. The molecule has 0 aliphatic carbocycles. The maximum atomic E-state index is 2.35. The SMILES string of the molecule is c1ccc(-c2ccc(N(c3ccc(-c4ccccc4)cc3)c3ccc(-c4c(-c5ccccc5-c5ccccc5)ccc5ccccc45)cc3)cc2)cc1. The Balaban J connectivity index is 1.16. The van der Waals surface area contributed by atoms with E-state index in [0.29, 0.717) is 0 Å². The molecule has 9 aromatic rings. The minimum absolute atomic E-state index is 1.10. The average Bonchev–Trinajstić information content (AvgIpc) is 3.25. The first-order valence-electron chi connectivity index (χ1n) is 18.2. The Bertz CT molecular complexity index is 2530. The third-order valence-electron chi connectivity index (χ3n) is 10.1. The topological polar surface area (TPSA) is 3.24 Å². The number of benzene rings is 9. The minimum atomic E-state index is 1.10. The summed E-state index contributed by atoms with van der Waals surface area (Å²) < 4.78 is 0. The van der Waals surface area contributed by atoms with Crippen LogP contribution in [0.15, 0.2) is 224 Å². The van der Waals surface area contributed by atoms with Crippen LogP contribution >= 0.6 is 0 Å². The summed E-state index contributed by atoms with van der Waals surface area (Å²) in [5.74, 6) is 0. The smallest absolute Gasteiger partial charge is 0.0462 e. The molecule has 0 aliphatic heterocycles. The second-order valence-electron chi connectivity index (χ2n) is 13.3. The summed E-state index contributed by atoms with van der Waals surface area (Å²) in [7, 11) is 0. The first-order chi connectivity index (χ1) is 26.3. The van der Waals surface area contributed by atoms with Gasteiger partial charge in [0.2, 0.25) is 0 Å². The van der Waals surface area contributed by atoms with Crippen LogP contribution in [0.5, 0.6) is 0 Å². The Morgan fingerprint density at radius 1 is 0.226 bits per heavy atom. The summed E-state index contributed by atoms with van der Waals surface area (Å²) in [5, 5.41) is 2.47. The van der Waals surface area contributed by atoms with E-state index in [4.69, 9.17) is 0 Å². The van der Waals surface area contributed by atoms with Crippen LogP contribution < -0.4 is 4.90 Å². The standard InChI is InChI=1S/C52H37N/c1-4-14-38(15-5-1)40-24-31-45(32-25-40)53(46-33-26-41(27-34-46)39-16-6-2-7-17-39)47-35-28-44(29-36-47)52-49-22-11-10-20-43(49)30-37-51(52)50-23-13-12-21-48(50)42-18-8-3-9-19-42/h1-37H. The summed E-state index contributed by atoms with van der Waals surface area (Å²) in [6.45, 7) is 0. The van der Waals surface area contributed by atoms with Crippen molar-refractivity contribution in [1.29, 1.82) is 0 Å². The molecule has 9 aromatic carbocycles. The molecule has 0 amide bonds. The Morgan fingerprint density at radius 2 is 0.623 bits per heavy atom. The van der Waals surface area contributed by atoms with Gasteiger partial charge in [-0.3, -0.25) is 0 Å². The van der Waals surface area contributed by atoms with E-state index in [2.05, 4.69) is 229 Å². The fraction of sp³-hybridized carbons (Fsp3) is 0. The summed E-state index contributed by atoms with van der Waals surface area (Å²) in [6, 6.07) is 80.8. The van der Waals surface area contributed by atoms with E-state index in [1.165, 1.54) is 66.4 Å². The second kappa shape index (κ2) is 14.3. The number of rotatable bonds is 8. The van der Waals surface area contributed by atoms with Gasteiger partial charge in [0.25, 0.3) is 0 Å². The van der Waals surface area contributed by atoms with Crippen molar-refractivity contribution in [2.24, 2.45) is 0 Å². The highest BCUT2D eigenvalue weighted by atomic mass is 15.1. The highest BCUT2D eigenvalue weighted by molar-refractivity contribution is 6.06. The Labute approximate surface area is 311 Å². The molecule has 0 aromatic heterocycles. The molecule has 0 heterocycles. The molecule has 0 aliphatic rings. The maximum absolute atomic E-state index is 2.35. The van der Waals surface area contributed by atoms with E-state index in [0.717, 1.165) is 17.1 Å². The molecular formula is C52H37N. The normalized spacial score (nSPS) is 11.0. The van der Waals surface area contributed by atoms with Gasteiger partial charge in [-0.1, -0.05) is 188 Å². The van der Waals surface area contributed by atoms with Crippen LogP contribution in [0.4, 0.5) is 17.1 Å². The van der Waals surface area contributed by atoms with Crippen molar-refractivity contribution in [3.8, 4) is 55.6 Å². The van der Waals surface area contributed by atoms with E-state index in [9.17, 15) is 0 Å². The van der Waals surface area contributed by atoms with E-state index >= 15 is 0 Å². The van der Waals surface area contributed by atoms with E-state index in [1.807, 2.05) is 0 Å². The lowest BCUT2D eigenvalue weighted by atomic mass is 9.86. The average molecular weight is 676 g/mol. The zero-order valence-electron chi connectivity index (χ0n) is 29.3. The summed E-state index contributed by atoms with van der Waals surface area (Å²) in [4.78, 5) is 2.35. The van der Waals surface area contributed by atoms with Crippen LogP contribution in [0, 0.1) is 0 Å². The molecule has 0 saturated carbocycles. The van der Waals surface area contributed by atoms with Crippen molar-refractivity contribution in [3.63, 3.8) is 0 Å². The first-order valence-corrected chi connectivity index (χ1v) is 18.2. The van der Waals surface area contributed by atoms with Gasteiger partial charge in [-0.15, -0.1) is 0 Å². The van der Waals surface area contributed by atoms with Gasteiger partial charge in [-0.05, 0) is 103 Å². The zero-order chi connectivity index (χ0) is 35.4. The Morgan fingerprint density at radius 3 is 1.15 bits per heavy atom. The fourth-order valence-electron chi connectivity index (χ4n) is 7.49. The Kier molecular flexibility index (Phi) is 8.66. The minimum Gasteiger partial charge on any atom is -0.311 e. The highest BCUT2D eigenvalue weighted by Crippen LogP contribution is 2.43. The largest absolute Gasteiger partial charge is 0.311 e. The van der Waals surface area contributed by atoms with Crippen LogP contribution in [-0.2, 0) is 0 Å². The number of hydrogen-bond donors (Lipinski definition) is 0. The van der Waals surface area contributed by atoms with Gasteiger partial charge in [-0.2, -0.15) is 0 Å². The number of fused-ring (bicyclic) bond motifs is 1. The van der Waals surface area contributed by atoms with Crippen molar-refractivity contribution in [2.75, 3.05) is 4.90 Å². The molecule has 0 spiro atoms. The van der Waals surface area contributed by atoms with Gasteiger partial charge in [0.1, 0.15) is 0 Å². The van der Waals surface area contributed by atoms with Crippen molar-refractivity contribution >= 4 is 27.8 Å². The second-order valence-corrected chi connectivity index (χ2v) is 13.3. The number of anilines is 3. The van der Waals surface area contributed by atoms with Crippen LogP contribution in [0.1, 0.15) is 0 Å². The van der Waals surface area contributed by atoms with Crippen molar-refractivity contribution in [1.82, 2.24) is 0 Å². The molecule has 250 valence electrons. The van der Waals surface area contributed by atoms with E-state index < -0.39 is 0 Å². The molecule has 0 saturated heterocycles. The van der Waals surface area contributed by atoms with Gasteiger partial charge >= 0.3 is 0 Å². The summed E-state index contributed by atoms with van der Waals surface area (Å²) in [5.41, 5.74) is 15.4. The fourth-order valence-corrected chi connectivity index (χ4v) is 7.49. The monoisotopic (exact) mass is 675 g/mol. The zero-order valence-corrected chi connectivity index (χ0v) is 29.3. The molecule has 0 fully saturated rings. The lowest BCUT2D eigenvalue weighted by Gasteiger charge is -2.26. The van der Waals surface area contributed by atoms with Crippen LogP contribution in [0.3, 0.4) is 0 Å². The quantitative estimate of drug-likeness (QED) is 0.155. The van der Waals surface area contributed by atoms with Crippen molar-refractivity contribution in [2.45, 2.75) is 0 Å². The predicted molar refractivity (Wildman–Crippen MR) is 226 cm³/mol. The van der Waals surface area contributed by atoms with Crippen molar-refractivity contribution in [3.05, 3.63) is 224 Å². The third kappa shape index (κ3) is 6.42. The van der Waals surface area contributed by atoms with E-state index in [-0.39, 0.29) is 0 Å². The Hall–Kier alpha value is -6.96. The molecule has 0 N–H and O–H groups in total. The molecule has 0 bridgehead atoms. The maximum Gasteiger partial charge on any atom is 0.0462 e. The summed E-state index contributed by atoms with van der Waals surface area (Å²) in [6.07, 6.45) is 0. The number of hydrogen-bond acceptors (Lipinski definition) is 1. The van der Waals surface area contributed by atoms with Gasteiger partial charge < -0.3 is 4.90 Å². The number of nitrogens with zero attached hydrogens (tertiary/aromatic N) is 1. The van der Waals surface area contributed by atoms with Gasteiger partial charge in [0, 0.05) is 17.1 Å². The lowest BCUT2D eigenvalue weighted by Crippen LogP contribution is -2.09. The molecule has 0 atom stereocenters. The van der Waals surface area contributed by atoms with Crippen molar-refractivity contribution < 1.29 is 0 Å². The molecule has 9 rings (SSSR count). The van der Waals surface area contributed by atoms with E-state index in [1.54, 1.807) is 0 Å². The summed E-state index contributed by atoms with van der Waals surface area (Å²) >= 11 is 0.